The van der Waals surface area contributed by atoms with Crippen molar-refractivity contribution in [2.75, 3.05) is 18.5 Å². The Bertz CT molecular complexity index is 960. The molecule has 1 aromatic carbocycles. The Hall–Kier alpha value is -1.84. The summed E-state index contributed by atoms with van der Waals surface area (Å²) < 4.78 is 33.5. The molecule has 2 fully saturated rings. The molecule has 0 spiro atoms. The molecular formula is C21H28ClN3O5S. The van der Waals surface area contributed by atoms with Gasteiger partial charge >= 0.3 is 0 Å². The predicted molar refractivity (Wildman–Crippen MR) is 117 cm³/mol. The van der Waals surface area contributed by atoms with Gasteiger partial charge in [-0.25, -0.2) is 8.42 Å². The summed E-state index contributed by atoms with van der Waals surface area (Å²) in [5, 5.41) is 5.69. The number of rotatable bonds is 4. The fourth-order valence-corrected chi connectivity index (χ4v) is 6.77. The van der Waals surface area contributed by atoms with Crippen LogP contribution in [0.4, 0.5) is 5.69 Å². The number of fused-ring (bicyclic) bond motifs is 1. The molecule has 4 rings (SSSR count). The molecule has 10 heteroatoms. The number of sulfonamides is 1. The van der Waals surface area contributed by atoms with E-state index in [9.17, 15) is 18.0 Å². The lowest BCUT2D eigenvalue weighted by Gasteiger charge is -2.28. The molecule has 1 saturated carbocycles. The number of benzene rings is 1. The summed E-state index contributed by atoms with van der Waals surface area (Å²) in [6.45, 7) is 0.0698. The molecule has 1 aliphatic carbocycles. The molecule has 2 heterocycles. The topological polar surface area (TPSA) is 105 Å². The first-order chi connectivity index (χ1) is 14.9. The van der Waals surface area contributed by atoms with Crippen molar-refractivity contribution in [3.8, 4) is 5.75 Å². The van der Waals surface area contributed by atoms with Crippen molar-refractivity contribution < 1.29 is 22.7 Å². The largest absolute Gasteiger partial charge is 0.482 e. The van der Waals surface area contributed by atoms with Crippen LogP contribution in [0, 0.1) is 0 Å². The van der Waals surface area contributed by atoms with Crippen LogP contribution in [0.1, 0.15) is 57.8 Å². The van der Waals surface area contributed by atoms with Gasteiger partial charge in [0.2, 0.25) is 15.9 Å². The van der Waals surface area contributed by atoms with Crippen LogP contribution in [-0.4, -0.2) is 49.8 Å². The minimum Gasteiger partial charge on any atom is -0.482 e. The number of hydrogen-bond acceptors (Lipinski definition) is 5. The van der Waals surface area contributed by atoms with E-state index in [1.54, 1.807) is 0 Å². The zero-order valence-electron chi connectivity index (χ0n) is 17.4. The van der Waals surface area contributed by atoms with Crippen LogP contribution in [0.5, 0.6) is 5.75 Å². The highest BCUT2D eigenvalue weighted by Crippen LogP contribution is 2.38. The van der Waals surface area contributed by atoms with Gasteiger partial charge in [0.1, 0.15) is 16.7 Å². The van der Waals surface area contributed by atoms with Gasteiger partial charge in [-0.2, -0.15) is 4.31 Å². The fraction of sp³-hybridized carbons (Fsp3) is 0.619. The van der Waals surface area contributed by atoms with E-state index >= 15 is 0 Å². The molecule has 170 valence electrons. The van der Waals surface area contributed by atoms with Gasteiger partial charge in [-0.05, 0) is 31.7 Å². The standard InChI is InChI=1S/C21H28ClN3O5S/c22-15-11-16-18(30-13-20(26)24-16)12-19(15)31(28,29)25-10-6-9-17(25)21(27)23-14-7-4-2-1-3-5-8-14/h11-12,14,17H,1-10,13H2,(H,23,27)(H,24,26)/t17-/m0/s1. The van der Waals surface area contributed by atoms with E-state index in [0.717, 1.165) is 25.7 Å². The highest BCUT2D eigenvalue weighted by molar-refractivity contribution is 7.89. The van der Waals surface area contributed by atoms with Crippen molar-refractivity contribution >= 4 is 39.1 Å². The van der Waals surface area contributed by atoms with Gasteiger partial charge in [0.05, 0.1) is 10.7 Å². The van der Waals surface area contributed by atoms with Crippen molar-refractivity contribution in [3.05, 3.63) is 17.2 Å². The minimum atomic E-state index is -4.02. The number of amides is 2. The predicted octanol–water partition coefficient (Wildman–Crippen LogP) is 3.05. The molecule has 0 bridgehead atoms. The molecule has 0 aromatic heterocycles. The zero-order chi connectivity index (χ0) is 22.0. The summed E-state index contributed by atoms with van der Waals surface area (Å²) >= 11 is 6.28. The third-order valence-corrected chi connectivity index (χ3v) is 8.58. The van der Waals surface area contributed by atoms with E-state index in [1.807, 2.05) is 0 Å². The van der Waals surface area contributed by atoms with E-state index in [2.05, 4.69) is 10.6 Å². The Morgan fingerprint density at radius 3 is 2.55 bits per heavy atom. The van der Waals surface area contributed by atoms with Crippen molar-refractivity contribution in [1.29, 1.82) is 0 Å². The first-order valence-electron chi connectivity index (χ1n) is 10.9. The molecule has 31 heavy (non-hydrogen) atoms. The van der Waals surface area contributed by atoms with Gasteiger partial charge in [-0.15, -0.1) is 0 Å². The number of halogens is 1. The highest BCUT2D eigenvalue weighted by Gasteiger charge is 2.41. The second-order valence-electron chi connectivity index (χ2n) is 8.44. The Morgan fingerprint density at radius 1 is 1.10 bits per heavy atom. The molecule has 3 aliphatic rings. The monoisotopic (exact) mass is 469 g/mol. The van der Waals surface area contributed by atoms with Crippen LogP contribution in [0.3, 0.4) is 0 Å². The molecule has 1 aromatic rings. The second kappa shape index (κ2) is 9.34. The second-order valence-corrected chi connectivity index (χ2v) is 10.7. The maximum atomic E-state index is 13.4. The van der Waals surface area contributed by atoms with Crippen LogP contribution in [0.15, 0.2) is 17.0 Å². The summed E-state index contributed by atoms with van der Waals surface area (Å²) in [4.78, 5) is 24.4. The van der Waals surface area contributed by atoms with Gasteiger partial charge in [-0.1, -0.05) is 43.7 Å². The third kappa shape index (κ3) is 4.83. The van der Waals surface area contributed by atoms with E-state index in [-0.39, 0.29) is 46.7 Å². The van der Waals surface area contributed by atoms with Crippen LogP contribution < -0.4 is 15.4 Å². The van der Waals surface area contributed by atoms with E-state index < -0.39 is 16.1 Å². The summed E-state index contributed by atoms with van der Waals surface area (Å²) in [5.74, 6) is -0.314. The normalized spacial score (nSPS) is 23.3. The number of anilines is 1. The van der Waals surface area contributed by atoms with E-state index in [4.69, 9.17) is 16.3 Å². The van der Waals surface area contributed by atoms with Crippen LogP contribution in [-0.2, 0) is 19.6 Å². The summed E-state index contributed by atoms with van der Waals surface area (Å²) in [5.41, 5.74) is 0.334. The molecular weight excluding hydrogens is 442 g/mol. The first kappa shape index (κ1) is 22.4. The van der Waals surface area contributed by atoms with Gasteiger partial charge in [0.15, 0.2) is 6.61 Å². The summed E-state index contributed by atoms with van der Waals surface area (Å²) in [6.07, 6.45) is 8.72. The van der Waals surface area contributed by atoms with Crippen molar-refractivity contribution in [1.82, 2.24) is 9.62 Å². The van der Waals surface area contributed by atoms with Gasteiger partial charge in [0.25, 0.3) is 5.91 Å². The Morgan fingerprint density at radius 2 is 1.81 bits per heavy atom. The quantitative estimate of drug-likeness (QED) is 0.705. The van der Waals surface area contributed by atoms with E-state index in [1.165, 1.54) is 35.7 Å². The molecule has 8 nitrogen and oxygen atoms in total. The van der Waals surface area contributed by atoms with Crippen molar-refractivity contribution in [3.63, 3.8) is 0 Å². The third-order valence-electron chi connectivity index (χ3n) is 6.21. The summed E-state index contributed by atoms with van der Waals surface area (Å²) in [6, 6.07) is 2.06. The van der Waals surface area contributed by atoms with Crippen LogP contribution in [0.25, 0.3) is 0 Å². The molecule has 2 aliphatic heterocycles. The van der Waals surface area contributed by atoms with Crippen LogP contribution >= 0.6 is 11.6 Å². The Kier molecular flexibility index (Phi) is 6.74. The SMILES string of the molecule is O=C1COc2cc(S(=O)(=O)N3CCC[C@H]3C(=O)NC3CCCCCCC3)c(Cl)cc2N1. The molecule has 2 amide bonds. The number of carbonyl (C=O) groups excluding carboxylic acids is 2. The Labute approximate surface area is 187 Å². The number of ether oxygens (including phenoxy) is 1. The lowest BCUT2D eigenvalue weighted by atomic mass is 9.96. The zero-order valence-corrected chi connectivity index (χ0v) is 18.9. The lowest BCUT2D eigenvalue weighted by Crippen LogP contribution is -2.48. The average Bonchev–Trinajstić information content (AvgIpc) is 3.20. The van der Waals surface area contributed by atoms with Gasteiger partial charge < -0.3 is 15.4 Å². The summed E-state index contributed by atoms with van der Waals surface area (Å²) in [7, 11) is -4.02. The van der Waals surface area contributed by atoms with E-state index in [0.29, 0.717) is 18.5 Å². The van der Waals surface area contributed by atoms with Crippen molar-refractivity contribution in [2.24, 2.45) is 0 Å². The maximum Gasteiger partial charge on any atom is 0.262 e. The smallest absolute Gasteiger partial charge is 0.262 e. The van der Waals surface area contributed by atoms with Crippen molar-refractivity contribution in [2.45, 2.75) is 74.8 Å². The number of hydrogen-bond donors (Lipinski definition) is 2. The van der Waals surface area contributed by atoms with Gasteiger partial charge in [0, 0.05) is 18.7 Å². The molecule has 2 N–H and O–H groups in total. The molecule has 1 saturated heterocycles. The first-order valence-corrected chi connectivity index (χ1v) is 12.8. The molecule has 0 radical (unpaired) electrons. The highest BCUT2D eigenvalue weighted by atomic mass is 35.5. The molecule has 1 atom stereocenters. The minimum absolute atomic E-state index is 0.0179. The lowest BCUT2D eigenvalue weighted by molar-refractivity contribution is -0.125. The van der Waals surface area contributed by atoms with Gasteiger partial charge in [-0.3, -0.25) is 9.59 Å². The number of nitrogens with zero attached hydrogens (tertiary/aromatic N) is 1. The fourth-order valence-electron chi connectivity index (χ4n) is 4.59. The number of carbonyl (C=O) groups is 2. The average molecular weight is 470 g/mol. The Balaban J connectivity index is 1.53. The maximum absolute atomic E-state index is 13.4. The van der Waals surface area contributed by atoms with Crippen LogP contribution in [0.2, 0.25) is 5.02 Å². The number of nitrogens with one attached hydrogen (secondary N) is 2. The molecule has 0 unspecified atom stereocenters.